The van der Waals surface area contributed by atoms with Gasteiger partial charge in [-0.2, -0.15) is 0 Å². The molecule has 1 heterocycles. The van der Waals surface area contributed by atoms with Crippen molar-refractivity contribution >= 4 is 38.1 Å². The van der Waals surface area contributed by atoms with E-state index in [1.807, 2.05) is 6.07 Å². The Bertz CT molecular complexity index is 1400. The van der Waals surface area contributed by atoms with Crippen LogP contribution in [0.4, 0.5) is 11.4 Å². The number of aryl methyl sites for hydroxylation is 1. The molecule has 0 fully saturated rings. The zero-order valence-corrected chi connectivity index (χ0v) is 18.3. The van der Waals surface area contributed by atoms with Crippen LogP contribution in [0, 0.1) is 6.92 Å². The third-order valence-corrected chi connectivity index (χ3v) is 6.43. The minimum absolute atomic E-state index is 0.138. The number of nitrogens with one attached hydrogen (secondary N) is 2. The number of nitrogens with zero attached hydrogens (tertiary/aromatic N) is 1. The van der Waals surface area contributed by atoms with Gasteiger partial charge < -0.3 is 10.1 Å². The maximum Gasteiger partial charge on any atom is 0.262 e. The Labute approximate surface area is 186 Å². The summed E-state index contributed by atoms with van der Waals surface area (Å²) in [5, 5.41) is 4.13. The molecule has 4 rings (SSSR count). The summed E-state index contributed by atoms with van der Waals surface area (Å²) in [6, 6.07) is 18.7. The quantitative estimate of drug-likeness (QED) is 0.450. The SMILES string of the molecule is COc1cc(NC(=O)c2ccccc2)c(C)cc1NS(=O)(=O)c1cccc2cnccc12. The van der Waals surface area contributed by atoms with Gasteiger partial charge in [-0.15, -0.1) is 0 Å². The van der Waals surface area contributed by atoms with Crippen molar-refractivity contribution in [2.75, 3.05) is 17.1 Å². The molecular formula is C24H21N3O4S. The number of carbonyl (C=O) groups excluding carboxylic acids is 1. The van der Waals surface area contributed by atoms with E-state index in [9.17, 15) is 13.2 Å². The van der Waals surface area contributed by atoms with Crippen molar-refractivity contribution in [1.82, 2.24) is 4.98 Å². The van der Waals surface area contributed by atoms with Crippen LogP contribution in [-0.4, -0.2) is 26.4 Å². The van der Waals surface area contributed by atoms with Crippen LogP contribution in [0.25, 0.3) is 10.8 Å². The predicted octanol–water partition coefficient (Wildman–Crippen LogP) is 4.60. The molecule has 0 spiro atoms. The Morgan fingerprint density at radius 3 is 2.50 bits per heavy atom. The van der Waals surface area contributed by atoms with Crippen LogP contribution in [0.2, 0.25) is 0 Å². The van der Waals surface area contributed by atoms with Gasteiger partial charge in [0, 0.05) is 40.5 Å². The van der Waals surface area contributed by atoms with Gasteiger partial charge in [0.2, 0.25) is 0 Å². The first-order chi connectivity index (χ1) is 15.4. The Morgan fingerprint density at radius 1 is 0.969 bits per heavy atom. The number of pyridine rings is 1. The maximum absolute atomic E-state index is 13.2. The zero-order chi connectivity index (χ0) is 22.7. The van der Waals surface area contributed by atoms with E-state index >= 15 is 0 Å². The van der Waals surface area contributed by atoms with Gasteiger partial charge in [-0.1, -0.05) is 30.3 Å². The van der Waals surface area contributed by atoms with Crippen LogP contribution >= 0.6 is 0 Å². The largest absolute Gasteiger partial charge is 0.494 e. The Hall–Kier alpha value is -3.91. The van der Waals surface area contributed by atoms with Crippen LogP contribution in [0.1, 0.15) is 15.9 Å². The van der Waals surface area contributed by atoms with Gasteiger partial charge >= 0.3 is 0 Å². The molecule has 2 N–H and O–H groups in total. The van der Waals surface area contributed by atoms with E-state index in [4.69, 9.17) is 4.74 Å². The summed E-state index contributed by atoms with van der Waals surface area (Å²) in [6.45, 7) is 1.78. The van der Waals surface area contributed by atoms with E-state index in [1.54, 1.807) is 80.0 Å². The molecule has 162 valence electrons. The third-order valence-electron chi connectivity index (χ3n) is 5.01. The number of methoxy groups -OCH3 is 1. The van der Waals surface area contributed by atoms with E-state index in [2.05, 4.69) is 15.0 Å². The number of rotatable bonds is 6. The molecule has 32 heavy (non-hydrogen) atoms. The van der Waals surface area contributed by atoms with Gasteiger partial charge in [-0.25, -0.2) is 8.42 Å². The second kappa shape index (κ2) is 8.68. The van der Waals surface area contributed by atoms with Crippen molar-refractivity contribution in [3.63, 3.8) is 0 Å². The highest BCUT2D eigenvalue weighted by Gasteiger charge is 2.20. The number of hydrogen-bond donors (Lipinski definition) is 2. The minimum atomic E-state index is -3.91. The molecule has 0 saturated carbocycles. The van der Waals surface area contributed by atoms with Crippen molar-refractivity contribution in [1.29, 1.82) is 0 Å². The first-order valence-corrected chi connectivity index (χ1v) is 11.3. The summed E-state index contributed by atoms with van der Waals surface area (Å²) in [5.41, 5.74) is 1.99. The predicted molar refractivity (Wildman–Crippen MR) is 125 cm³/mol. The fourth-order valence-electron chi connectivity index (χ4n) is 3.38. The topological polar surface area (TPSA) is 97.4 Å². The molecule has 0 saturated heterocycles. The molecule has 0 atom stereocenters. The molecule has 0 radical (unpaired) electrons. The second-order valence-electron chi connectivity index (χ2n) is 7.15. The molecule has 0 aliphatic carbocycles. The molecule has 0 aliphatic rings. The number of sulfonamides is 1. The molecule has 3 aromatic carbocycles. The smallest absolute Gasteiger partial charge is 0.262 e. The summed E-state index contributed by atoms with van der Waals surface area (Å²) < 4.78 is 34.4. The highest BCUT2D eigenvalue weighted by molar-refractivity contribution is 7.93. The Balaban J connectivity index is 1.67. The average Bonchev–Trinajstić information content (AvgIpc) is 2.80. The first-order valence-electron chi connectivity index (χ1n) is 9.79. The molecule has 1 aromatic heterocycles. The van der Waals surface area contributed by atoms with Crippen molar-refractivity contribution in [3.8, 4) is 5.75 Å². The molecule has 0 bridgehead atoms. The van der Waals surface area contributed by atoms with E-state index in [-0.39, 0.29) is 22.2 Å². The van der Waals surface area contributed by atoms with Crippen molar-refractivity contribution in [2.45, 2.75) is 11.8 Å². The van der Waals surface area contributed by atoms with Gasteiger partial charge in [-0.3, -0.25) is 14.5 Å². The third kappa shape index (κ3) is 4.26. The highest BCUT2D eigenvalue weighted by atomic mass is 32.2. The molecule has 4 aromatic rings. The number of amides is 1. The Morgan fingerprint density at radius 2 is 1.75 bits per heavy atom. The number of ether oxygens (including phenoxy) is 1. The van der Waals surface area contributed by atoms with Crippen molar-refractivity contribution in [2.24, 2.45) is 0 Å². The van der Waals surface area contributed by atoms with Crippen LogP contribution in [0.15, 0.2) is 84.0 Å². The summed E-state index contributed by atoms with van der Waals surface area (Å²) >= 11 is 0. The fourth-order valence-corrected chi connectivity index (χ4v) is 4.67. The van der Waals surface area contributed by atoms with Crippen molar-refractivity contribution in [3.05, 3.63) is 90.3 Å². The number of hydrogen-bond acceptors (Lipinski definition) is 5. The van der Waals surface area contributed by atoms with Gasteiger partial charge in [-0.05, 0) is 42.8 Å². The molecular weight excluding hydrogens is 426 g/mol. The number of fused-ring (bicyclic) bond motifs is 1. The van der Waals surface area contributed by atoms with Crippen LogP contribution in [-0.2, 0) is 10.0 Å². The molecule has 1 amide bonds. The average molecular weight is 448 g/mol. The van der Waals surface area contributed by atoms with E-state index in [0.717, 1.165) is 5.39 Å². The molecule has 8 heteroatoms. The summed E-state index contributed by atoms with van der Waals surface area (Å²) in [6.07, 6.45) is 3.17. The van der Waals surface area contributed by atoms with Crippen LogP contribution in [0.5, 0.6) is 5.75 Å². The lowest BCUT2D eigenvalue weighted by atomic mass is 10.1. The fraction of sp³-hybridized carbons (Fsp3) is 0.0833. The lowest BCUT2D eigenvalue weighted by Gasteiger charge is -2.17. The summed E-state index contributed by atoms with van der Waals surface area (Å²) in [4.78, 5) is 16.7. The van der Waals surface area contributed by atoms with E-state index in [1.165, 1.54) is 7.11 Å². The monoisotopic (exact) mass is 447 g/mol. The maximum atomic E-state index is 13.2. The van der Waals surface area contributed by atoms with Crippen molar-refractivity contribution < 1.29 is 17.9 Å². The molecule has 0 unspecified atom stereocenters. The van der Waals surface area contributed by atoms with Gasteiger partial charge in [0.25, 0.3) is 15.9 Å². The second-order valence-corrected chi connectivity index (χ2v) is 8.80. The minimum Gasteiger partial charge on any atom is -0.494 e. The Kier molecular flexibility index (Phi) is 5.79. The van der Waals surface area contributed by atoms with Gasteiger partial charge in [0.15, 0.2) is 0 Å². The van der Waals surface area contributed by atoms with Crippen LogP contribution < -0.4 is 14.8 Å². The summed E-state index contributed by atoms with van der Waals surface area (Å²) in [7, 11) is -2.47. The number of aromatic nitrogens is 1. The lowest BCUT2D eigenvalue weighted by Crippen LogP contribution is -2.16. The van der Waals surface area contributed by atoms with E-state index < -0.39 is 10.0 Å². The normalized spacial score (nSPS) is 11.2. The lowest BCUT2D eigenvalue weighted by molar-refractivity contribution is 0.102. The number of benzene rings is 3. The first kappa shape index (κ1) is 21.3. The van der Waals surface area contributed by atoms with E-state index in [0.29, 0.717) is 22.2 Å². The van der Waals surface area contributed by atoms with Gasteiger partial charge in [0.1, 0.15) is 5.75 Å². The summed E-state index contributed by atoms with van der Waals surface area (Å²) in [5.74, 6) is 0.0119. The highest BCUT2D eigenvalue weighted by Crippen LogP contribution is 2.34. The van der Waals surface area contributed by atoms with Gasteiger partial charge in [0.05, 0.1) is 17.7 Å². The number of carbonyl (C=O) groups is 1. The van der Waals surface area contributed by atoms with Crippen LogP contribution in [0.3, 0.4) is 0 Å². The molecule has 7 nitrogen and oxygen atoms in total. The number of anilines is 2. The zero-order valence-electron chi connectivity index (χ0n) is 17.5. The standard InChI is InChI=1S/C24H21N3O4S/c1-16-13-21(22(31-2)14-20(16)26-24(28)17-7-4-3-5-8-17)27-32(29,30)23-10-6-9-18-15-25-12-11-19(18)23/h3-15,27H,1-2H3,(H,26,28). The molecule has 0 aliphatic heterocycles.